The first-order valence-electron chi connectivity index (χ1n) is 5.95. The van der Waals surface area contributed by atoms with Crippen LogP contribution in [0.5, 0.6) is 0 Å². The SMILES string of the molecule is CC(C)(Cn1ncc2ccc3occc3c21)[N+](=O)[O-]. The van der Waals surface area contributed by atoms with Gasteiger partial charge in [0.1, 0.15) is 12.1 Å². The van der Waals surface area contributed by atoms with Crippen LogP contribution in [0, 0.1) is 10.1 Å². The minimum atomic E-state index is -1.06. The van der Waals surface area contributed by atoms with E-state index in [4.69, 9.17) is 4.42 Å². The maximum atomic E-state index is 11.0. The van der Waals surface area contributed by atoms with E-state index in [2.05, 4.69) is 5.10 Å². The van der Waals surface area contributed by atoms with E-state index in [0.29, 0.717) is 0 Å². The van der Waals surface area contributed by atoms with Gasteiger partial charge >= 0.3 is 0 Å². The highest BCUT2D eigenvalue weighted by Crippen LogP contribution is 2.27. The van der Waals surface area contributed by atoms with E-state index >= 15 is 0 Å². The third-order valence-electron chi connectivity index (χ3n) is 3.26. The highest BCUT2D eigenvalue weighted by Gasteiger charge is 2.32. The lowest BCUT2D eigenvalue weighted by molar-refractivity contribution is -0.563. The highest BCUT2D eigenvalue weighted by atomic mass is 16.6. The lowest BCUT2D eigenvalue weighted by Crippen LogP contribution is -2.36. The normalized spacial score (nSPS) is 12.3. The van der Waals surface area contributed by atoms with Gasteiger partial charge in [-0.15, -0.1) is 0 Å². The van der Waals surface area contributed by atoms with Crippen molar-refractivity contribution in [2.45, 2.75) is 25.9 Å². The van der Waals surface area contributed by atoms with Crippen LogP contribution < -0.4 is 0 Å². The summed E-state index contributed by atoms with van der Waals surface area (Å²) in [6, 6.07) is 5.64. The molecule has 2 aromatic heterocycles. The number of hydrogen-bond donors (Lipinski definition) is 0. The first kappa shape index (κ1) is 11.7. The Hall–Kier alpha value is -2.37. The van der Waals surface area contributed by atoms with E-state index in [1.54, 1.807) is 31.0 Å². The maximum absolute atomic E-state index is 11.0. The van der Waals surface area contributed by atoms with Crippen molar-refractivity contribution in [2.24, 2.45) is 0 Å². The minimum Gasteiger partial charge on any atom is -0.464 e. The second kappa shape index (κ2) is 3.81. The maximum Gasteiger partial charge on any atom is 0.236 e. The average molecular weight is 259 g/mol. The van der Waals surface area contributed by atoms with Crippen molar-refractivity contribution in [1.82, 2.24) is 9.78 Å². The van der Waals surface area contributed by atoms with Gasteiger partial charge in [0.2, 0.25) is 5.54 Å². The summed E-state index contributed by atoms with van der Waals surface area (Å²) in [6.45, 7) is 3.40. The number of nitro groups is 1. The lowest BCUT2D eigenvalue weighted by Gasteiger charge is -2.16. The Morgan fingerprint density at radius 1 is 1.42 bits per heavy atom. The molecule has 0 atom stereocenters. The molecule has 3 aromatic rings. The Kier molecular flexibility index (Phi) is 2.35. The number of benzene rings is 1. The Balaban J connectivity index is 2.19. The summed E-state index contributed by atoms with van der Waals surface area (Å²) in [5, 5.41) is 17.2. The summed E-state index contributed by atoms with van der Waals surface area (Å²) < 4.78 is 7.03. The van der Waals surface area contributed by atoms with Crippen LogP contribution >= 0.6 is 0 Å². The van der Waals surface area contributed by atoms with Crippen molar-refractivity contribution in [3.05, 3.63) is 40.8 Å². The minimum absolute atomic E-state index is 0.216. The molecule has 6 heteroatoms. The number of aromatic nitrogens is 2. The van der Waals surface area contributed by atoms with Crippen LogP contribution in [0.25, 0.3) is 21.9 Å². The number of rotatable bonds is 3. The topological polar surface area (TPSA) is 74.1 Å². The van der Waals surface area contributed by atoms with Gasteiger partial charge in [0.25, 0.3) is 0 Å². The Labute approximate surface area is 108 Å². The second-order valence-electron chi connectivity index (χ2n) is 5.21. The fourth-order valence-corrected chi connectivity index (χ4v) is 2.17. The zero-order valence-corrected chi connectivity index (χ0v) is 10.7. The third-order valence-corrected chi connectivity index (χ3v) is 3.26. The molecular weight excluding hydrogens is 246 g/mol. The highest BCUT2D eigenvalue weighted by molar-refractivity contribution is 6.03. The van der Waals surface area contributed by atoms with E-state index in [-0.39, 0.29) is 11.5 Å². The molecule has 98 valence electrons. The molecule has 2 heterocycles. The standard InChI is InChI=1S/C13H13N3O3/c1-13(2,16(17)18)8-15-12-9(7-14-15)3-4-11-10(12)5-6-19-11/h3-7H,8H2,1-2H3. The van der Waals surface area contributed by atoms with Crippen molar-refractivity contribution in [3.63, 3.8) is 0 Å². The predicted octanol–water partition coefficient (Wildman–Crippen LogP) is 2.84. The Morgan fingerprint density at radius 2 is 2.21 bits per heavy atom. The van der Waals surface area contributed by atoms with Gasteiger partial charge in [-0.3, -0.25) is 14.8 Å². The van der Waals surface area contributed by atoms with Crippen LogP contribution in [0.1, 0.15) is 13.8 Å². The summed E-state index contributed by atoms with van der Waals surface area (Å²) in [7, 11) is 0. The van der Waals surface area contributed by atoms with Gasteiger partial charge in [-0.2, -0.15) is 5.10 Å². The summed E-state index contributed by atoms with van der Waals surface area (Å²) in [5.74, 6) is 0. The van der Waals surface area contributed by atoms with Crippen molar-refractivity contribution in [1.29, 1.82) is 0 Å². The van der Waals surface area contributed by atoms with Crippen molar-refractivity contribution >= 4 is 21.9 Å². The van der Waals surface area contributed by atoms with E-state index < -0.39 is 5.54 Å². The molecule has 0 unspecified atom stereocenters. The number of furan rings is 1. The van der Waals surface area contributed by atoms with Crippen LogP contribution in [0.4, 0.5) is 0 Å². The fraction of sp³-hybridized carbons (Fsp3) is 0.308. The van der Waals surface area contributed by atoms with Gasteiger partial charge < -0.3 is 4.42 Å². The first-order valence-corrected chi connectivity index (χ1v) is 5.95. The summed E-state index contributed by atoms with van der Waals surface area (Å²) >= 11 is 0. The zero-order chi connectivity index (χ0) is 13.6. The van der Waals surface area contributed by atoms with Crippen molar-refractivity contribution in [2.75, 3.05) is 0 Å². The largest absolute Gasteiger partial charge is 0.464 e. The lowest BCUT2D eigenvalue weighted by atomic mass is 10.1. The van der Waals surface area contributed by atoms with Gasteiger partial charge in [-0.1, -0.05) is 0 Å². The monoisotopic (exact) mass is 259 g/mol. The molecule has 19 heavy (non-hydrogen) atoms. The molecule has 0 aliphatic carbocycles. The molecule has 0 amide bonds. The molecule has 0 radical (unpaired) electrons. The third kappa shape index (κ3) is 1.76. The fourth-order valence-electron chi connectivity index (χ4n) is 2.17. The van der Waals surface area contributed by atoms with E-state index in [0.717, 1.165) is 21.9 Å². The number of hydrogen-bond acceptors (Lipinski definition) is 4. The molecular formula is C13H13N3O3. The average Bonchev–Trinajstić information content (AvgIpc) is 2.94. The molecule has 0 fully saturated rings. The summed E-state index contributed by atoms with van der Waals surface area (Å²) in [6.07, 6.45) is 3.33. The Morgan fingerprint density at radius 3 is 2.95 bits per heavy atom. The first-order chi connectivity index (χ1) is 8.99. The molecule has 1 aromatic carbocycles. The molecule has 0 aliphatic heterocycles. The molecule has 0 bridgehead atoms. The zero-order valence-electron chi connectivity index (χ0n) is 10.7. The molecule has 0 aliphatic rings. The van der Waals surface area contributed by atoms with Crippen LogP contribution in [0.3, 0.4) is 0 Å². The Bertz CT molecular complexity index is 770. The van der Waals surface area contributed by atoms with Crippen molar-refractivity contribution in [3.8, 4) is 0 Å². The van der Waals surface area contributed by atoms with Gasteiger partial charge in [0.05, 0.1) is 18.0 Å². The van der Waals surface area contributed by atoms with Crippen LogP contribution in [-0.4, -0.2) is 20.2 Å². The molecule has 0 saturated carbocycles. The molecule has 0 saturated heterocycles. The van der Waals surface area contributed by atoms with Crippen LogP contribution in [0.15, 0.2) is 35.1 Å². The van der Waals surface area contributed by atoms with Gasteiger partial charge in [0.15, 0.2) is 0 Å². The summed E-state index contributed by atoms with van der Waals surface area (Å²) in [5.41, 5.74) is 0.569. The quantitative estimate of drug-likeness (QED) is 0.535. The summed E-state index contributed by atoms with van der Waals surface area (Å²) in [4.78, 5) is 10.8. The molecule has 3 rings (SSSR count). The smallest absolute Gasteiger partial charge is 0.236 e. The van der Waals surface area contributed by atoms with E-state index in [1.165, 1.54) is 0 Å². The number of fused-ring (bicyclic) bond motifs is 3. The van der Waals surface area contributed by atoms with E-state index in [1.807, 2.05) is 18.2 Å². The van der Waals surface area contributed by atoms with Crippen LogP contribution in [-0.2, 0) is 6.54 Å². The van der Waals surface area contributed by atoms with Gasteiger partial charge in [0, 0.05) is 29.5 Å². The second-order valence-corrected chi connectivity index (χ2v) is 5.21. The van der Waals surface area contributed by atoms with Crippen LogP contribution in [0.2, 0.25) is 0 Å². The van der Waals surface area contributed by atoms with Gasteiger partial charge in [-0.25, -0.2) is 0 Å². The predicted molar refractivity (Wildman–Crippen MR) is 70.6 cm³/mol. The molecule has 0 spiro atoms. The molecule has 6 nitrogen and oxygen atoms in total. The van der Waals surface area contributed by atoms with Crippen molar-refractivity contribution < 1.29 is 9.34 Å². The number of nitrogens with zero attached hydrogens (tertiary/aromatic N) is 3. The molecule has 0 N–H and O–H groups in total. The van der Waals surface area contributed by atoms with Gasteiger partial charge in [-0.05, 0) is 18.2 Å². The van der Waals surface area contributed by atoms with E-state index in [9.17, 15) is 10.1 Å².